The summed E-state index contributed by atoms with van der Waals surface area (Å²) in [5.74, 6) is 1.41. The van der Waals surface area contributed by atoms with E-state index in [1.54, 1.807) is 0 Å². The van der Waals surface area contributed by atoms with Crippen molar-refractivity contribution in [3.05, 3.63) is 0 Å². The van der Waals surface area contributed by atoms with E-state index in [0.29, 0.717) is 12.0 Å². The largest absolute Gasteiger partial charge is 0.378 e. The predicted molar refractivity (Wildman–Crippen MR) is 54.3 cm³/mol. The fourth-order valence-electron chi connectivity index (χ4n) is 1.21. The van der Waals surface area contributed by atoms with E-state index in [9.17, 15) is 0 Å². The van der Waals surface area contributed by atoms with Gasteiger partial charge in [-0.25, -0.2) is 0 Å². The molecule has 0 aromatic rings. The van der Waals surface area contributed by atoms with E-state index in [1.165, 1.54) is 6.42 Å². The Hall–Kier alpha value is -0.0400. The van der Waals surface area contributed by atoms with Crippen LogP contribution in [0, 0.1) is 11.8 Å². The topological polar surface area (TPSA) is 9.23 Å². The van der Waals surface area contributed by atoms with Crippen molar-refractivity contribution in [2.45, 2.75) is 53.6 Å². The van der Waals surface area contributed by atoms with Gasteiger partial charge in [-0.2, -0.15) is 0 Å². The third-order valence-corrected chi connectivity index (χ3v) is 1.85. The fourth-order valence-corrected chi connectivity index (χ4v) is 1.21. The Morgan fingerprint density at radius 1 is 1.00 bits per heavy atom. The first-order valence-corrected chi connectivity index (χ1v) is 5.17. The summed E-state index contributed by atoms with van der Waals surface area (Å²) < 4.78 is 5.76. The Bertz CT molecular complexity index is 97.2. The Morgan fingerprint density at radius 3 is 1.92 bits per heavy atom. The number of rotatable bonds is 6. The average Bonchev–Trinajstić information content (AvgIpc) is 1.97. The van der Waals surface area contributed by atoms with Crippen LogP contribution in [0.4, 0.5) is 0 Å². The summed E-state index contributed by atoms with van der Waals surface area (Å²) in [6.45, 7) is 12.0. The number of hydrogen-bond donors (Lipinski definition) is 0. The van der Waals surface area contributed by atoms with Crippen LogP contribution < -0.4 is 0 Å². The van der Waals surface area contributed by atoms with Crippen LogP contribution in [0.2, 0.25) is 0 Å². The lowest BCUT2D eigenvalue weighted by molar-refractivity contribution is 0.0212. The lowest BCUT2D eigenvalue weighted by Gasteiger charge is -2.19. The highest BCUT2D eigenvalue weighted by atomic mass is 16.5. The van der Waals surface area contributed by atoms with Gasteiger partial charge in [0.1, 0.15) is 0 Å². The molecule has 0 rings (SSSR count). The van der Waals surface area contributed by atoms with Crippen LogP contribution in [0.15, 0.2) is 0 Å². The minimum atomic E-state index is 0.479. The minimum absolute atomic E-state index is 0.479. The molecule has 0 heterocycles. The molecule has 1 atom stereocenters. The summed E-state index contributed by atoms with van der Waals surface area (Å²) in [4.78, 5) is 0. The molecule has 0 radical (unpaired) electrons. The molecule has 1 heteroatoms. The number of hydrogen-bond acceptors (Lipinski definition) is 1. The molecule has 0 aromatic heterocycles. The Morgan fingerprint density at radius 2 is 1.58 bits per heavy atom. The van der Waals surface area contributed by atoms with Crippen LogP contribution in [-0.2, 0) is 4.74 Å². The smallest absolute Gasteiger partial charge is 0.0575 e. The molecule has 12 heavy (non-hydrogen) atoms. The zero-order valence-electron chi connectivity index (χ0n) is 9.26. The van der Waals surface area contributed by atoms with Crippen molar-refractivity contribution in [1.29, 1.82) is 0 Å². The van der Waals surface area contributed by atoms with E-state index in [1.807, 2.05) is 0 Å². The summed E-state index contributed by atoms with van der Waals surface area (Å²) in [5, 5.41) is 0. The molecule has 0 aromatic carbocycles. The van der Waals surface area contributed by atoms with Crippen LogP contribution in [0.5, 0.6) is 0 Å². The minimum Gasteiger partial charge on any atom is -0.378 e. The van der Waals surface area contributed by atoms with E-state index in [2.05, 4.69) is 34.6 Å². The molecule has 0 fully saturated rings. The molecular weight excluding hydrogens is 148 g/mol. The molecule has 0 aliphatic heterocycles. The van der Waals surface area contributed by atoms with Gasteiger partial charge in [0.25, 0.3) is 0 Å². The third kappa shape index (κ3) is 6.66. The first-order chi connectivity index (χ1) is 5.56. The maximum absolute atomic E-state index is 5.76. The Kier molecular flexibility index (Phi) is 6.45. The van der Waals surface area contributed by atoms with Gasteiger partial charge in [-0.3, -0.25) is 0 Å². The van der Waals surface area contributed by atoms with Crippen LogP contribution in [0.1, 0.15) is 47.5 Å². The van der Waals surface area contributed by atoms with Crippen molar-refractivity contribution in [3.8, 4) is 0 Å². The Labute approximate surface area is 77.5 Å². The van der Waals surface area contributed by atoms with Gasteiger partial charge in [0.15, 0.2) is 0 Å². The lowest BCUT2D eigenvalue weighted by atomic mass is 10.0. The van der Waals surface area contributed by atoms with Crippen molar-refractivity contribution < 1.29 is 4.74 Å². The predicted octanol–water partition coefficient (Wildman–Crippen LogP) is 3.48. The highest BCUT2D eigenvalue weighted by Gasteiger charge is 2.09. The van der Waals surface area contributed by atoms with Crippen molar-refractivity contribution in [3.63, 3.8) is 0 Å². The molecule has 1 unspecified atom stereocenters. The maximum atomic E-state index is 5.76. The van der Waals surface area contributed by atoms with Crippen molar-refractivity contribution >= 4 is 0 Å². The maximum Gasteiger partial charge on any atom is 0.0575 e. The second-order valence-corrected chi connectivity index (χ2v) is 4.39. The van der Waals surface area contributed by atoms with Crippen molar-refractivity contribution in [2.75, 3.05) is 6.61 Å². The molecule has 74 valence electrons. The van der Waals surface area contributed by atoms with Crippen molar-refractivity contribution in [1.82, 2.24) is 0 Å². The van der Waals surface area contributed by atoms with Gasteiger partial charge in [-0.05, 0) is 24.7 Å². The van der Waals surface area contributed by atoms with E-state index >= 15 is 0 Å². The molecular formula is C11H24O. The lowest BCUT2D eigenvalue weighted by Crippen LogP contribution is -2.17. The second-order valence-electron chi connectivity index (χ2n) is 4.39. The van der Waals surface area contributed by atoms with Gasteiger partial charge in [-0.1, -0.05) is 34.6 Å². The monoisotopic (exact) mass is 172 g/mol. The van der Waals surface area contributed by atoms with E-state index in [0.717, 1.165) is 18.9 Å². The molecule has 0 spiro atoms. The van der Waals surface area contributed by atoms with Gasteiger partial charge < -0.3 is 4.74 Å². The zero-order chi connectivity index (χ0) is 9.56. The van der Waals surface area contributed by atoms with Gasteiger partial charge >= 0.3 is 0 Å². The van der Waals surface area contributed by atoms with Gasteiger partial charge in [-0.15, -0.1) is 0 Å². The first-order valence-electron chi connectivity index (χ1n) is 5.17. The molecule has 0 bridgehead atoms. The standard InChI is InChI=1S/C11H24O/c1-6-11(7-9(2)3)12-8-10(4)5/h9-11H,6-8H2,1-5H3. The van der Waals surface area contributed by atoms with Crippen LogP contribution >= 0.6 is 0 Å². The summed E-state index contributed by atoms with van der Waals surface area (Å²) in [7, 11) is 0. The SMILES string of the molecule is CCC(CC(C)C)OCC(C)C. The van der Waals surface area contributed by atoms with E-state index in [-0.39, 0.29) is 0 Å². The molecule has 0 saturated heterocycles. The average molecular weight is 172 g/mol. The normalized spacial score (nSPS) is 14.2. The van der Waals surface area contributed by atoms with Gasteiger partial charge in [0, 0.05) is 6.61 Å². The summed E-state index contributed by atoms with van der Waals surface area (Å²) in [6, 6.07) is 0. The molecule has 0 amide bonds. The van der Waals surface area contributed by atoms with Gasteiger partial charge in [0.05, 0.1) is 6.10 Å². The molecule has 0 aliphatic carbocycles. The fraction of sp³-hybridized carbons (Fsp3) is 1.00. The molecule has 0 saturated carbocycles. The van der Waals surface area contributed by atoms with E-state index in [4.69, 9.17) is 4.74 Å². The van der Waals surface area contributed by atoms with E-state index < -0.39 is 0 Å². The second kappa shape index (κ2) is 6.47. The highest BCUT2D eigenvalue weighted by molar-refractivity contribution is 4.58. The first kappa shape index (κ1) is 12.0. The highest BCUT2D eigenvalue weighted by Crippen LogP contribution is 2.12. The molecule has 0 aliphatic rings. The van der Waals surface area contributed by atoms with Gasteiger partial charge in [0.2, 0.25) is 0 Å². The Balaban J connectivity index is 3.53. The summed E-state index contributed by atoms with van der Waals surface area (Å²) in [6.07, 6.45) is 2.82. The zero-order valence-corrected chi connectivity index (χ0v) is 9.26. The summed E-state index contributed by atoms with van der Waals surface area (Å²) >= 11 is 0. The molecule has 1 nitrogen and oxygen atoms in total. The van der Waals surface area contributed by atoms with Crippen LogP contribution in [-0.4, -0.2) is 12.7 Å². The van der Waals surface area contributed by atoms with Crippen LogP contribution in [0.25, 0.3) is 0 Å². The third-order valence-electron chi connectivity index (χ3n) is 1.85. The van der Waals surface area contributed by atoms with Crippen molar-refractivity contribution in [2.24, 2.45) is 11.8 Å². The molecule has 0 N–H and O–H groups in total. The van der Waals surface area contributed by atoms with Crippen LogP contribution in [0.3, 0.4) is 0 Å². The summed E-state index contributed by atoms with van der Waals surface area (Å²) in [5.41, 5.74) is 0. The quantitative estimate of drug-likeness (QED) is 0.596. The number of ether oxygens (including phenoxy) is 1.